The quantitative estimate of drug-likeness (QED) is 0.886. The second-order valence-electron chi connectivity index (χ2n) is 6.49. The molecule has 0 spiro atoms. The highest BCUT2D eigenvalue weighted by Crippen LogP contribution is 2.53. The Hall–Kier alpha value is -0.830. The first-order valence-electron chi connectivity index (χ1n) is 7.42. The molecule has 1 aromatic heterocycles. The van der Waals surface area contributed by atoms with Gasteiger partial charge in [-0.05, 0) is 50.1 Å². The molecule has 1 aliphatic carbocycles. The van der Waals surface area contributed by atoms with Gasteiger partial charge in [-0.1, -0.05) is 13.8 Å². The minimum Gasteiger partial charge on any atom is -0.334 e. The van der Waals surface area contributed by atoms with Crippen LogP contribution in [-0.2, 0) is 6.54 Å². The maximum Gasteiger partial charge on any atom is 0.0948 e. The number of nitrogens with one attached hydrogen (secondary N) is 1. The highest BCUT2D eigenvalue weighted by Gasteiger charge is 2.45. The van der Waals surface area contributed by atoms with Crippen LogP contribution in [0.3, 0.4) is 0 Å². The van der Waals surface area contributed by atoms with Gasteiger partial charge >= 0.3 is 0 Å². The smallest absolute Gasteiger partial charge is 0.0948 e. The number of hydrogen-bond donors (Lipinski definition) is 1. The molecule has 0 aromatic carbocycles. The Kier molecular flexibility index (Phi) is 3.18. The van der Waals surface area contributed by atoms with Crippen molar-refractivity contribution in [1.29, 1.82) is 0 Å². The average molecular weight is 247 g/mol. The zero-order valence-electron chi connectivity index (χ0n) is 11.7. The molecule has 0 atom stereocenters. The van der Waals surface area contributed by atoms with Crippen LogP contribution in [-0.4, -0.2) is 22.6 Å². The first-order chi connectivity index (χ1) is 8.71. The number of imidazole rings is 1. The standard InChI is InChI=1S/C15H25N3/c1-12(2)15(5-6-15)10-18-11-17-9-14(18)13-3-7-16-8-4-13/h9,11-13,16H,3-8,10H2,1-2H3. The minimum absolute atomic E-state index is 0.572. The molecule has 0 amide bonds. The van der Waals surface area contributed by atoms with E-state index in [9.17, 15) is 0 Å². The summed E-state index contributed by atoms with van der Waals surface area (Å²) in [7, 11) is 0. The molecule has 1 N–H and O–H groups in total. The maximum atomic E-state index is 4.41. The number of nitrogens with zero attached hydrogens (tertiary/aromatic N) is 2. The fourth-order valence-corrected chi connectivity index (χ4v) is 3.34. The molecule has 3 heteroatoms. The highest BCUT2D eigenvalue weighted by molar-refractivity contribution is 5.10. The summed E-state index contributed by atoms with van der Waals surface area (Å²) in [5.41, 5.74) is 2.05. The average Bonchev–Trinajstić information content (AvgIpc) is 3.02. The summed E-state index contributed by atoms with van der Waals surface area (Å²) in [5, 5.41) is 3.45. The van der Waals surface area contributed by atoms with Gasteiger partial charge in [-0.3, -0.25) is 0 Å². The summed E-state index contributed by atoms with van der Waals surface area (Å²) >= 11 is 0. The van der Waals surface area contributed by atoms with Gasteiger partial charge in [-0.15, -0.1) is 0 Å². The predicted molar refractivity (Wildman–Crippen MR) is 73.6 cm³/mol. The van der Waals surface area contributed by atoms with Crippen LogP contribution in [0.4, 0.5) is 0 Å². The topological polar surface area (TPSA) is 29.9 Å². The van der Waals surface area contributed by atoms with Crippen LogP contribution in [0.15, 0.2) is 12.5 Å². The normalized spacial score (nSPS) is 23.5. The summed E-state index contributed by atoms with van der Waals surface area (Å²) < 4.78 is 2.45. The first-order valence-corrected chi connectivity index (χ1v) is 7.42. The highest BCUT2D eigenvalue weighted by atomic mass is 15.1. The van der Waals surface area contributed by atoms with E-state index in [4.69, 9.17) is 0 Å². The maximum absolute atomic E-state index is 4.41. The van der Waals surface area contributed by atoms with Crippen LogP contribution in [0.2, 0.25) is 0 Å². The van der Waals surface area contributed by atoms with Crippen molar-refractivity contribution in [3.8, 4) is 0 Å². The summed E-state index contributed by atoms with van der Waals surface area (Å²) in [6, 6.07) is 0. The molecule has 18 heavy (non-hydrogen) atoms. The lowest BCUT2D eigenvalue weighted by atomic mass is 9.91. The van der Waals surface area contributed by atoms with Gasteiger partial charge in [-0.2, -0.15) is 0 Å². The van der Waals surface area contributed by atoms with Crippen LogP contribution in [0.5, 0.6) is 0 Å². The first kappa shape index (κ1) is 12.2. The summed E-state index contributed by atoms with van der Waals surface area (Å²) in [6.07, 6.45) is 9.48. The summed E-state index contributed by atoms with van der Waals surface area (Å²) in [6.45, 7) is 8.24. The van der Waals surface area contributed by atoms with Crippen molar-refractivity contribution in [1.82, 2.24) is 14.9 Å². The molecule has 0 unspecified atom stereocenters. The molecule has 100 valence electrons. The summed E-state index contributed by atoms with van der Waals surface area (Å²) in [4.78, 5) is 4.41. The molecular formula is C15H25N3. The van der Waals surface area contributed by atoms with Crippen molar-refractivity contribution >= 4 is 0 Å². The van der Waals surface area contributed by atoms with Gasteiger partial charge in [0, 0.05) is 24.4 Å². The van der Waals surface area contributed by atoms with Crippen molar-refractivity contribution in [2.45, 2.75) is 52.0 Å². The van der Waals surface area contributed by atoms with Crippen molar-refractivity contribution in [2.75, 3.05) is 13.1 Å². The van der Waals surface area contributed by atoms with Crippen molar-refractivity contribution in [3.63, 3.8) is 0 Å². The Labute approximate surface area is 110 Å². The third-order valence-electron chi connectivity index (χ3n) is 5.10. The molecule has 3 nitrogen and oxygen atoms in total. The van der Waals surface area contributed by atoms with Gasteiger partial charge in [-0.25, -0.2) is 4.98 Å². The molecule has 0 bridgehead atoms. The van der Waals surface area contributed by atoms with E-state index in [0.29, 0.717) is 5.41 Å². The lowest BCUT2D eigenvalue weighted by Crippen LogP contribution is -2.28. The van der Waals surface area contributed by atoms with Crippen LogP contribution in [0.25, 0.3) is 0 Å². The number of rotatable bonds is 4. The predicted octanol–water partition coefficient (Wildman–Crippen LogP) is 2.79. The molecule has 0 radical (unpaired) electrons. The van der Waals surface area contributed by atoms with Crippen LogP contribution in [0.1, 0.15) is 51.1 Å². The van der Waals surface area contributed by atoms with E-state index in [1.54, 1.807) is 0 Å². The molecule has 2 aliphatic rings. The molecule has 1 aromatic rings. The van der Waals surface area contributed by atoms with E-state index in [2.05, 4.69) is 41.2 Å². The molecule has 1 saturated heterocycles. The monoisotopic (exact) mass is 247 g/mol. The number of hydrogen-bond acceptors (Lipinski definition) is 2. The Balaban J connectivity index is 1.75. The van der Waals surface area contributed by atoms with E-state index in [1.807, 2.05) is 0 Å². The van der Waals surface area contributed by atoms with Gasteiger partial charge < -0.3 is 9.88 Å². The second kappa shape index (κ2) is 4.69. The molecule has 2 heterocycles. The minimum atomic E-state index is 0.572. The zero-order chi connectivity index (χ0) is 12.6. The number of aromatic nitrogens is 2. The second-order valence-corrected chi connectivity index (χ2v) is 6.49. The van der Waals surface area contributed by atoms with E-state index >= 15 is 0 Å². The fraction of sp³-hybridized carbons (Fsp3) is 0.800. The van der Waals surface area contributed by atoms with Gasteiger partial charge in [0.05, 0.1) is 6.33 Å². The zero-order valence-corrected chi connectivity index (χ0v) is 11.7. The Morgan fingerprint density at radius 2 is 2.11 bits per heavy atom. The molecule has 1 aliphatic heterocycles. The largest absolute Gasteiger partial charge is 0.334 e. The lowest BCUT2D eigenvalue weighted by Gasteiger charge is -2.26. The third kappa shape index (κ3) is 2.20. The van der Waals surface area contributed by atoms with Gasteiger partial charge in [0.15, 0.2) is 0 Å². The van der Waals surface area contributed by atoms with Gasteiger partial charge in [0.2, 0.25) is 0 Å². The molecular weight excluding hydrogens is 222 g/mol. The van der Waals surface area contributed by atoms with Crippen LogP contribution in [0, 0.1) is 11.3 Å². The van der Waals surface area contributed by atoms with Crippen LogP contribution >= 0.6 is 0 Å². The SMILES string of the molecule is CC(C)C1(Cn2cncc2C2CCNCC2)CC1. The third-order valence-corrected chi connectivity index (χ3v) is 5.10. The Morgan fingerprint density at radius 1 is 1.39 bits per heavy atom. The fourth-order valence-electron chi connectivity index (χ4n) is 3.34. The van der Waals surface area contributed by atoms with Crippen LogP contribution < -0.4 is 5.32 Å². The lowest BCUT2D eigenvalue weighted by molar-refractivity contribution is 0.299. The molecule has 1 saturated carbocycles. The van der Waals surface area contributed by atoms with E-state index < -0.39 is 0 Å². The van der Waals surface area contributed by atoms with Crippen molar-refractivity contribution in [2.24, 2.45) is 11.3 Å². The summed E-state index contributed by atoms with van der Waals surface area (Å²) in [5.74, 6) is 1.51. The van der Waals surface area contributed by atoms with Gasteiger partial charge in [0.25, 0.3) is 0 Å². The van der Waals surface area contributed by atoms with E-state index in [-0.39, 0.29) is 0 Å². The molecule has 2 fully saturated rings. The van der Waals surface area contributed by atoms with E-state index in [1.165, 1.54) is 37.9 Å². The Bertz CT molecular complexity index is 398. The number of piperidine rings is 1. The van der Waals surface area contributed by atoms with E-state index in [0.717, 1.165) is 24.9 Å². The molecule has 3 rings (SSSR count). The van der Waals surface area contributed by atoms with Gasteiger partial charge in [0.1, 0.15) is 0 Å². The van der Waals surface area contributed by atoms with Crippen molar-refractivity contribution < 1.29 is 0 Å². The van der Waals surface area contributed by atoms with Crippen molar-refractivity contribution in [3.05, 3.63) is 18.2 Å². The Morgan fingerprint density at radius 3 is 2.72 bits per heavy atom.